The van der Waals surface area contributed by atoms with E-state index in [0.717, 1.165) is 18.0 Å². The highest BCUT2D eigenvalue weighted by Crippen LogP contribution is 2.18. The fraction of sp³-hybridized carbons (Fsp3) is 0.786. The van der Waals surface area contributed by atoms with Crippen molar-refractivity contribution in [2.75, 3.05) is 0 Å². The van der Waals surface area contributed by atoms with Gasteiger partial charge in [0.15, 0.2) is 0 Å². The molecule has 0 aromatic carbocycles. The SMILES string of the molecule is Cc1noc(C)c1CNC1CCCCCCC1. The maximum Gasteiger partial charge on any atom is 0.138 e. The summed E-state index contributed by atoms with van der Waals surface area (Å²) in [5.74, 6) is 0.959. The molecule has 1 saturated carbocycles. The lowest BCUT2D eigenvalue weighted by molar-refractivity contribution is 0.381. The first kappa shape index (κ1) is 12.6. The monoisotopic (exact) mass is 236 g/mol. The van der Waals surface area contributed by atoms with Gasteiger partial charge in [0.25, 0.3) is 0 Å². The zero-order valence-corrected chi connectivity index (χ0v) is 11.1. The maximum atomic E-state index is 5.19. The van der Waals surface area contributed by atoms with Crippen molar-refractivity contribution in [2.45, 2.75) is 71.4 Å². The van der Waals surface area contributed by atoms with Gasteiger partial charge in [-0.05, 0) is 26.7 Å². The molecule has 0 radical (unpaired) electrons. The summed E-state index contributed by atoms with van der Waals surface area (Å²) in [5, 5.41) is 7.67. The molecular formula is C14H24N2O. The Morgan fingerprint density at radius 1 is 1.12 bits per heavy atom. The molecule has 17 heavy (non-hydrogen) atoms. The predicted octanol–water partition coefficient (Wildman–Crippen LogP) is 3.49. The van der Waals surface area contributed by atoms with Crippen LogP contribution in [0.25, 0.3) is 0 Å². The van der Waals surface area contributed by atoms with Crippen LogP contribution in [-0.4, -0.2) is 11.2 Å². The van der Waals surface area contributed by atoms with Crippen LogP contribution < -0.4 is 5.32 Å². The predicted molar refractivity (Wildman–Crippen MR) is 68.9 cm³/mol. The highest BCUT2D eigenvalue weighted by molar-refractivity contribution is 5.20. The topological polar surface area (TPSA) is 38.1 Å². The molecule has 3 heteroatoms. The minimum absolute atomic E-state index is 0.684. The smallest absolute Gasteiger partial charge is 0.138 e. The second-order valence-electron chi connectivity index (χ2n) is 5.23. The van der Waals surface area contributed by atoms with Crippen molar-refractivity contribution in [1.29, 1.82) is 0 Å². The molecule has 0 aliphatic heterocycles. The van der Waals surface area contributed by atoms with E-state index in [4.69, 9.17) is 4.52 Å². The largest absolute Gasteiger partial charge is 0.361 e. The van der Waals surface area contributed by atoms with Crippen LogP contribution in [0.1, 0.15) is 62.0 Å². The van der Waals surface area contributed by atoms with Crippen LogP contribution in [0.3, 0.4) is 0 Å². The third-order valence-corrected chi connectivity index (χ3v) is 3.85. The van der Waals surface area contributed by atoms with Crippen LogP contribution >= 0.6 is 0 Å². The summed E-state index contributed by atoms with van der Waals surface area (Å²) in [7, 11) is 0. The maximum absolute atomic E-state index is 5.19. The van der Waals surface area contributed by atoms with E-state index in [9.17, 15) is 0 Å². The highest BCUT2D eigenvalue weighted by atomic mass is 16.5. The molecule has 0 unspecified atom stereocenters. The Labute approximate surface area is 104 Å². The molecule has 1 aromatic rings. The van der Waals surface area contributed by atoms with Crippen molar-refractivity contribution in [3.05, 3.63) is 17.0 Å². The molecule has 0 atom stereocenters. The van der Waals surface area contributed by atoms with Gasteiger partial charge < -0.3 is 9.84 Å². The van der Waals surface area contributed by atoms with Crippen LogP contribution in [0.15, 0.2) is 4.52 Å². The van der Waals surface area contributed by atoms with Crippen LogP contribution in [0, 0.1) is 13.8 Å². The molecule has 0 spiro atoms. The van der Waals surface area contributed by atoms with Crippen molar-refractivity contribution in [2.24, 2.45) is 0 Å². The van der Waals surface area contributed by atoms with E-state index in [1.54, 1.807) is 0 Å². The normalized spacial score (nSPS) is 18.9. The van der Waals surface area contributed by atoms with Gasteiger partial charge in [0.05, 0.1) is 5.69 Å². The second kappa shape index (κ2) is 6.20. The van der Waals surface area contributed by atoms with Crippen LogP contribution in [0.4, 0.5) is 0 Å². The first-order valence-electron chi connectivity index (χ1n) is 6.92. The summed E-state index contributed by atoms with van der Waals surface area (Å²) in [6.07, 6.45) is 9.63. The Balaban J connectivity index is 1.84. The van der Waals surface area contributed by atoms with E-state index < -0.39 is 0 Å². The minimum Gasteiger partial charge on any atom is -0.361 e. The van der Waals surface area contributed by atoms with E-state index in [0.29, 0.717) is 6.04 Å². The van der Waals surface area contributed by atoms with Gasteiger partial charge in [0.2, 0.25) is 0 Å². The zero-order chi connectivity index (χ0) is 12.1. The summed E-state index contributed by atoms with van der Waals surface area (Å²) in [4.78, 5) is 0. The Bertz CT molecular complexity index is 318. The van der Waals surface area contributed by atoms with Crippen molar-refractivity contribution < 1.29 is 4.52 Å². The molecule has 1 N–H and O–H groups in total. The summed E-state index contributed by atoms with van der Waals surface area (Å²) in [6.45, 7) is 4.92. The number of hydrogen-bond acceptors (Lipinski definition) is 3. The Hall–Kier alpha value is -0.830. The quantitative estimate of drug-likeness (QED) is 0.873. The third kappa shape index (κ3) is 3.56. The standard InChI is InChI=1S/C14H24N2O/c1-11-14(12(2)17-16-11)10-15-13-8-6-4-3-5-7-9-13/h13,15H,3-10H2,1-2H3. The number of nitrogens with zero attached hydrogens (tertiary/aromatic N) is 1. The third-order valence-electron chi connectivity index (χ3n) is 3.85. The second-order valence-corrected chi connectivity index (χ2v) is 5.23. The van der Waals surface area contributed by atoms with Crippen molar-refractivity contribution in [3.8, 4) is 0 Å². The minimum atomic E-state index is 0.684. The lowest BCUT2D eigenvalue weighted by Crippen LogP contribution is -2.29. The molecule has 1 heterocycles. The van der Waals surface area contributed by atoms with Gasteiger partial charge >= 0.3 is 0 Å². The number of aromatic nitrogens is 1. The first-order valence-corrected chi connectivity index (χ1v) is 6.92. The van der Waals surface area contributed by atoms with Crippen molar-refractivity contribution in [1.82, 2.24) is 10.5 Å². The van der Waals surface area contributed by atoms with Gasteiger partial charge in [-0.2, -0.15) is 0 Å². The molecule has 3 nitrogen and oxygen atoms in total. The van der Waals surface area contributed by atoms with Gasteiger partial charge in [-0.3, -0.25) is 0 Å². The summed E-state index contributed by atoms with van der Waals surface area (Å²) >= 11 is 0. The average molecular weight is 236 g/mol. The first-order chi connectivity index (χ1) is 8.27. The van der Waals surface area contributed by atoms with Gasteiger partial charge in [-0.25, -0.2) is 0 Å². The Kier molecular flexibility index (Phi) is 4.60. The van der Waals surface area contributed by atoms with Gasteiger partial charge in [0.1, 0.15) is 5.76 Å². The lowest BCUT2D eigenvalue weighted by Gasteiger charge is -2.21. The molecule has 1 fully saturated rings. The van der Waals surface area contributed by atoms with E-state index in [2.05, 4.69) is 10.5 Å². The van der Waals surface area contributed by atoms with Gasteiger partial charge in [-0.1, -0.05) is 37.3 Å². The number of rotatable bonds is 3. The molecule has 1 aliphatic carbocycles. The molecule has 1 aliphatic rings. The lowest BCUT2D eigenvalue weighted by atomic mass is 9.96. The number of aryl methyl sites for hydroxylation is 2. The fourth-order valence-corrected chi connectivity index (χ4v) is 2.66. The molecule has 0 amide bonds. The van der Waals surface area contributed by atoms with Gasteiger partial charge in [-0.15, -0.1) is 0 Å². The van der Waals surface area contributed by atoms with Gasteiger partial charge in [0, 0.05) is 18.2 Å². The molecule has 0 bridgehead atoms. The number of nitrogens with one attached hydrogen (secondary N) is 1. The molecular weight excluding hydrogens is 212 g/mol. The Morgan fingerprint density at radius 3 is 2.35 bits per heavy atom. The summed E-state index contributed by atoms with van der Waals surface area (Å²) in [6, 6.07) is 0.684. The highest BCUT2D eigenvalue weighted by Gasteiger charge is 2.13. The fourth-order valence-electron chi connectivity index (χ4n) is 2.66. The van der Waals surface area contributed by atoms with Crippen LogP contribution in [-0.2, 0) is 6.54 Å². The Morgan fingerprint density at radius 2 is 1.76 bits per heavy atom. The van der Waals surface area contributed by atoms with E-state index in [-0.39, 0.29) is 0 Å². The van der Waals surface area contributed by atoms with Crippen LogP contribution in [0.2, 0.25) is 0 Å². The summed E-state index contributed by atoms with van der Waals surface area (Å²) in [5.41, 5.74) is 2.27. The molecule has 96 valence electrons. The summed E-state index contributed by atoms with van der Waals surface area (Å²) < 4.78 is 5.19. The molecule has 0 saturated heterocycles. The zero-order valence-electron chi connectivity index (χ0n) is 11.1. The van der Waals surface area contributed by atoms with E-state index in [1.807, 2.05) is 13.8 Å². The van der Waals surface area contributed by atoms with Crippen molar-refractivity contribution >= 4 is 0 Å². The van der Waals surface area contributed by atoms with Crippen LogP contribution in [0.5, 0.6) is 0 Å². The van der Waals surface area contributed by atoms with Crippen molar-refractivity contribution in [3.63, 3.8) is 0 Å². The number of hydrogen-bond donors (Lipinski definition) is 1. The molecule has 2 rings (SSSR count). The van der Waals surface area contributed by atoms with E-state index >= 15 is 0 Å². The molecule has 1 aromatic heterocycles. The van der Waals surface area contributed by atoms with E-state index in [1.165, 1.54) is 50.5 Å². The average Bonchev–Trinajstić information content (AvgIpc) is 2.58.